The fraction of sp³-hybridized carbons (Fsp3) is 0.684. The normalized spacial score (nSPS) is 13.4. The van der Waals surface area contributed by atoms with Crippen molar-refractivity contribution in [2.45, 2.75) is 59.5 Å². The lowest BCUT2D eigenvalue weighted by Crippen LogP contribution is -2.42. The number of likely N-dealkylation sites (N-methyl/N-ethyl adjacent to an activating group) is 1. The van der Waals surface area contributed by atoms with Crippen LogP contribution in [0, 0.1) is 12.8 Å². The highest BCUT2D eigenvalue weighted by atomic mass is 15.2. The molecule has 1 atom stereocenters. The van der Waals surface area contributed by atoms with E-state index in [-0.39, 0.29) is 0 Å². The van der Waals surface area contributed by atoms with Crippen LogP contribution in [0.2, 0.25) is 0 Å². The van der Waals surface area contributed by atoms with Crippen molar-refractivity contribution in [3.05, 3.63) is 35.4 Å². The molecule has 0 heterocycles. The first-order valence-corrected chi connectivity index (χ1v) is 8.49. The van der Waals surface area contributed by atoms with Gasteiger partial charge in [-0.1, -0.05) is 57.5 Å². The van der Waals surface area contributed by atoms with Crippen molar-refractivity contribution in [2.75, 3.05) is 20.1 Å². The Morgan fingerprint density at radius 2 is 1.57 bits per heavy atom. The minimum Gasteiger partial charge on any atom is -0.312 e. The molecule has 1 aromatic rings. The van der Waals surface area contributed by atoms with Gasteiger partial charge in [-0.3, -0.25) is 4.90 Å². The smallest absolute Gasteiger partial charge is 0.0446 e. The van der Waals surface area contributed by atoms with Gasteiger partial charge in [-0.05, 0) is 38.3 Å². The molecule has 21 heavy (non-hydrogen) atoms. The third-order valence-electron chi connectivity index (χ3n) is 4.30. The van der Waals surface area contributed by atoms with Gasteiger partial charge in [0.1, 0.15) is 0 Å². The molecular formula is C19H34N2. The van der Waals surface area contributed by atoms with Gasteiger partial charge in [0.05, 0.1) is 0 Å². The number of hydrogen-bond donors (Lipinski definition) is 1. The monoisotopic (exact) mass is 290 g/mol. The van der Waals surface area contributed by atoms with Crippen LogP contribution in [0.5, 0.6) is 0 Å². The Labute approximate surface area is 131 Å². The second-order valence-electron chi connectivity index (χ2n) is 6.57. The second kappa shape index (κ2) is 9.22. The largest absolute Gasteiger partial charge is 0.312 e. The van der Waals surface area contributed by atoms with E-state index in [0.717, 1.165) is 6.54 Å². The highest BCUT2D eigenvalue weighted by Crippen LogP contribution is 2.19. The molecule has 1 rings (SSSR count). The van der Waals surface area contributed by atoms with Crippen LogP contribution in [0.3, 0.4) is 0 Å². The molecule has 0 bridgehead atoms. The zero-order valence-corrected chi connectivity index (χ0v) is 14.8. The Morgan fingerprint density at radius 3 is 2.00 bits per heavy atom. The average molecular weight is 290 g/mol. The highest BCUT2D eigenvalue weighted by Gasteiger charge is 2.20. The number of hydrogen-bond acceptors (Lipinski definition) is 2. The summed E-state index contributed by atoms with van der Waals surface area (Å²) in [5, 5.41) is 3.50. The predicted molar refractivity (Wildman–Crippen MR) is 93.8 cm³/mol. The lowest BCUT2D eigenvalue weighted by Gasteiger charge is -2.35. The Kier molecular flexibility index (Phi) is 7.98. The first kappa shape index (κ1) is 18.2. The molecule has 120 valence electrons. The second-order valence-corrected chi connectivity index (χ2v) is 6.57. The Morgan fingerprint density at radius 1 is 1.00 bits per heavy atom. The van der Waals surface area contributed by atoms with Gasteiger partial charge in [0.25, 0.3) is 0 Å². The van der Waals surface area contributed by atoms with Crippen LogP contribution in [0.4, 0.5) is 0 Å². The Hall–Kier alpha value is -0.860. The number of aryl methyl sites for hydroxylation is 1. The molecule has 0 aliphatic carbocycles. The molecule has 0 fully saturated rings. The molecule has 0 aliphatic heterocycles. The van der Waals surface area contributed by atoms with Gasteiger partial charge in [0, 0.05) is 25.2 Å². The van der Waals surface area contributed by atoms with Crippen molar-refractivity contribution in [1.29, 1.82) is 0 Å². The number of nitrogens with one attached hydrogen (secondary N) is 1. The van der Waals surface area contributed by atoms with Gasteiger partial charge in [-0.15, -0.1) is 0 Å². The van der Waals surface area contributed by atoms with Crippen LogP contribution in [0.15, 0.2) is 24.3 Å². The Balaban J connectivity index is 2.84. The zero-order valence-electron chi connectivity index (χ0n) is 14.8. The van der Waals surface area contributed by atoms with E-state index >= 15 is 0 Å². The first-order chi connectivity index (χ1) is 10.0. The van der Waals surface area contributed by atoms with Crippen LogP contribution in [-0.4, -0.2) is 31.1 Å². The van der Waals surface area contributed by atoms with Gasteiger partial charge >= 0.3 is 0 Å². The third kappa shape index (κ3) is 5.80. The van der Waals surface area contributed by atoms with Gasteiger partial charge < -0.3 is 5.32 Å². The molecule has 1 N–H and O–H groups in total. The number of benzene rings is 1. The molecule has 1 unspecified atom stereocenters. The molecule has 0 saturated heterocycles. The molecule has 0 aliphatic rings. The number of nitrogens with zero attached hydrogens (tertiary/aromatic N) is 1. The summed E-state index contributed by atoms with van der Waals surface area (Å²) in [5.41, 5.74) is 2.72. The summed E-state index contributed by atoms with van der Waals surface area (Å²) in [5.74, 6) is 0.709. The topological polar surface area (TPSA) is 15.3 Å². The van der Waals surface area contributed by atoms with E-state index < -0.39 is 0 Å². The van der Waals surface area contributed by atoms with E-state index in [1.165, 1.54) is 30.5 Å². The molecule has 0 saturated carbocycles. The summed E-state index contributed by atoms with van der Waals surface area (Å²) in [4.78, 5) is 2.67. The van der Waals surface area contributed by atoms with Gasteiger partial charge in [-0.25, -0.2) is 0 Å². The van der Waals surface area contributed by atoms with E-state index in [1.807, 2.05) is 0 Å². The van der Waals surface area contributed by atoms with E-state index in [9.17, 15) is 0 Å². The quantitative estimate of drug-likeness (QED) is 0.725. The summed E-state index contributed by atoms with van der Waals surface area (Å²) in [7, 11) is 2.07. The molecule has 0 spiro atoms. The SMILES string of the molecule is CCC(CC)N(CC(C)C)CC(NC)c1ccc(C)cc1. The first-order valence-electron chi connectivity index (χ1n) is 8.49. The fourth-order valence-corrected chi connectivity index (χ4v) is 3.04. The highest BCUT2D eigenvalue weighted by molar-refractivity contribution is 5.24. The summed E-state index contributed by atoms with van der Waals surface area (Å²) in [6, 6.07) is 10.0. The van der Waals surface area contributed by atoms with E-state index in [2.05, 4.69) is 76.1 Å². The predicted octanol–water partition coefficient (Wildman–Crippen LogP) is 4.40. The maximum absolute atomic E-state index is 3.50. The van der Waals surface area contributed by atoms with Crippen LogP contribution >= 0.6 is 0 Å². The van der Waals surface area contributed by atoms with Crippen LogP contribution < -0.4 is 5.32 Å². The van der Waals surface area contributed by atoms with Crippen molar-refractivity contribution >= 4 is 0 Å². The summed E-state index contributed by atoms with van der Waals surface area (Å²) in [6.45, 7) is 13.7. The minimum atomic E-state index is 0.407. The molecule has 2 heteroatoms. The molecule has 2 nitrogen and oxygen atoms in total. The lowest BCUT2D eigenvalue weighted by atomic mass is 10.0. The van der Waals surface area contributed by atoms with Crippen molar-refractivity contribution in [3.63, 3.8) is 0 Å². The molecule has 1 aromatic carbocycles. The summed E-state index contributed by atoms with van der Waals surface area (Å²) in [6.07, 6.45) is 2.46. The van der Waals surface area contributed by atoms with E-state index in [1.54, 1.807) is 0 Å². The molecule has 0 amide bonds. The number of rotatable bonds is 9. The molecular weight excluding hydrogens is 256 g/mol. The third-order valence-corrected chi connectivity index (χ3v) is 4.30. The zero-order chi connectivity index (χ0) is 15.8. The standard InChI is InChI=1S/C19H34N2/c1-7-18(8-2)21(13-15(3)4)14-19(20-6)17-11-9-16(5)10-12-17/h9-12,15,18-20H,7-8,13-14H2,1-6H3. The maximum Gasteiger partial charge on any atom is 0.0446 e. The van der Waals surface area contributed by atoms with Crippen LogP contribution in [-0.2, 0) is 0 Å². The maximum atomic E-state index is 3.50. The summed E-state index contributed by atoms with van der Waals surface area (Å²) >= 11 is 0. The van der Waals surface area contributed by atoms with E-state index in [4.69, 9.17) is 0 Å². The minimum absolute atomic E-state index is 0.407. The van der Waals surface area contributed by atoms with Crippen molar-refractivity contribution in [1.82, 2.24) is 10.2 Å². The lowest BCUT2D eigenvalue weighted by molar-refractivity contribution is 0.150. The van der Waals surface area contributed by atoms with Crippen molar-refractivity contribution in [2.24, 2.45) is 5.92 Å². The fourth-order valence-electron chi connectivity index (χ4n) is 3.04. The average Bonchev–Trinajstić information content (AvgIpc) is 2.46. The van der Waals surface area contributed by atoms with Gasteiger partial charge in [0.15, 0.2) is 0 Å². The molecule has 0 radical (unpaired) electrons. The van der Waals surface area contributed by atoms with Crippen LogP contribution in [0.25, 0.3) is 0 Å². The Bertz CT molecular complexity index is 379. The van der Waals surface area contributed by atoms with Gasteiger partial charge in [0.2, 0.25) is 0 Å². The van der Waals surface area contributed by atoms with Crippen molar-refractivity contribution < 1.29 is 0 Å². The van der Waals surface area contributed by atoms with Gasteiger partial charge in [-0.2, -0.15) is 0 Å². The summed E-state index contributed by atoms with van der Waals surface area (Å²) < 4.78 is 0. The van der Waals surface area contributed by atoms with E-state index in [0.29, 0.717) is 18.0 Å². The van der Waals surface area contributed by atoms with Crippen LogP contribution in [0.1, 0.15) is 57.7 Å². The molecule has 0 aromatic heterocycles. The van der Waals surface area contributed by atoms with Crippen molar-refractivity contribution in [3.8, 4) is 0 Å².